The normalized spacial score (nSPS) is 35.2. The molecule has 0 unspecified atom stereocenters. The van der Waals surface area contributed by atoms with Crippen LogP contribution in [0.25, 0.3) is 0 Å². The summed E-state index contributed by atoms with van der Waals surface area (Å²) in [5.74, 6) is -0.617. The van der Waals surface area contributed by atoms with E-state index >= 15 is 0 Å². The smallest absolute Gasteiger partial charge is 0.306 e. The summed E-state index contributed by atoms with van der Waals surface area (Å²) in [5, 5.41) is 0. The minimum absolute atomic E-state index is 0.0238. The van der Waals surface area contributed by atoms with Crippen LogP contribution < -0.4 is 0 Å². The van der Waals surface area contributed by atoms with Crippen LogP contribution in [-0.2, 0) is 33.3 Å². The molecule has 1 saturated heterocycles. The third-order valence-corrected chi connectivity index (χ3v) is 5.42. The van der Waals surface area contributed by atoms with Gasteiger partial charge in [0.15, 0.2) is 6.10 Å². The maximum atomic E-state index is 12.4. The van der Waals surface area contributed by atoms with Crippen molar-refractivity contribution in [2.45, 2.75) is 81.2 Å². The molecule has 2 rings (SSSR count). The molecular formula is C20H32O7S. The number of thiol groups is 1. The zero-order valence-corrected chi connectivity index (χ0v) is 17.6. The van der Waals surface area contributed by atoms with E-state index in [9.17, 15) is 9.59 Å². The largest absolute Gasteiger partial charge is 0.463 e. The number of carbonyl (C=O) groups excluding carboxylic acids is 2. The van der Waals surface area contributed by atoms with E-state index in [1.165, 1.54) is 14.2 Å². The number of allylic oxidation sites excluding steroid dienone is 2. The van der Waals surface area contributed by atoms with Gasteiger partial charge in [-0.25, -0.2) is 0 Å². The van der Waals surface area contributed by atoms with Gasteiger partial charge in [0.05, 0.1) is 0 Å². The third-order valence-electron chi connectivity index (χ3n) is 5.00. The second-order valence-electron chi connectivity index (χ2n) is 7.07. The Hall–Kier alpha value is -1.09. The first-order valence-corrected chi connectivity index (χ1v) is 10.5. The summed E-state index contributed by atoms with van der Waals surface area (Å²) in [5.41, 5.74) is -0.589. The number of carbonyl (C=O) groups is 2. The zero-order chi connectivity index (χ0) is 20.4. The molecule has 5 atom stereocenters. The molecule has 8 heteroatoms. The number of ether oxygens (including phenoxy) is 5. The quantitative estimate of drug-likeness (QED) is 0.421. The first-order valence-electron chi connectivity index (χ1n) is 9.96. The topological polar surface area (TPSA) is 80.3 Å². The van der Waals surface area contributed by atoms with Crippen molar-refractivity contribution >= 4 is 24.6 Å². The average molecular weight is 417 g/mol. The predicted octanol–water partition coefficient (Wildman–Crippen LogP) is 2.82. The van der Waals surface area contributed by atoms with E-state index < -0.39 is 29.9 Å². The molecule has 0 aromatic rings. The van der Waals surface area contributed by atoms with Crippen LogP contribution in [-0.4, -0.2) is 62.6 Å². The number of hydrogen-bond acceptors (Lipinski definition) is 8. The molecule has 0 aromatic carbocycles. The molecule has 7 nitrogen and oxygen atoms in total. The minimum Gasteiger partial charge on any atom is -0.463 e. The van der Waals surface area contributed by atoms with Gasteiger partial charge < -0.3 is 23.7 Å². The van der Waals surface area contributed by atoms with Crippen molar-refractivity contribution < 1.29 is 33.3 Å². The highest BCUT2D eigenvalue weighted by atomic mass is 32.1. The van der Waals surface area contributed by atoms with E-state index in [1.54, 1.807) is 0 Å². The fourth-order valence-corrected chi connectivity index (χ4v) is 3.90. The van der Waals surface area contributed by atoms with Gasteiger partial charge in [-0.05, 0) is 38.5 Å². The molecule has 2 aliphatic rings. The summed E-state index contributed by atoms with van der Waals surface area (Å²) in [4.78, 5) is 24.4. The highest BCUT2D eigenvalue weighted by Gasteiger charge is 2.48. The zero-order valence-electron chi connectivity index (χ0n) is 16.7. The summed E-state index contributed by atoms with van der Waals surface area (Å²) in [6.45, 7) is -0.0238. The van der Waals surface area contributed by atoms with E-state index in [0.29, 0.717) is 12.8 Å². The summed E-state index contributed by atoms with van der Waals surface area (Å²) in [6, 6.07) is 0. The first-order chi connectivity index (χ1) is 13.6. The summed E-state index contributed by atoms with van der Waals surface area (Å²) in [6.07, 6.45) is 7.69. The molecule has 0 bridgehead atoms. The van der Waals surface area contributed by atoms with Crippen LogP contribution in [0.2, 0.25) is 0 Å². The van der Waals surface area contributed by atoms with Gasteiger partial charge in [-0.2, -0.15) is 0 Å². The van der Waals surface area contributed by atoms with Gasteiger partial charge in [0, 0.05) is 27.1 Å². The van der Waals surface area contributed by atoms with Crippen LogP contribution >= 0.6 is 12.6 Å². The van der Waals surface area contributed by atoms with Crippen LogP contribution in [0.5, 0.6) is 0 Å². The monoisotopic (exact) mass is 416 g/mol. The van der Waals surface area contributed by atoms with Crippen LogP contribution in [0.3, 0.4) is 0 Å². The fourth-order valence-electron chi connectivity index (χ4n) is 3.45. The molecule has 2 heterocycles. The molecule has 0 aromatic heterocycles. The minimum atomic E-state index is -0.741. The molecule has 1 fully saturated rings. The Labute approximate surface area is 172 Å². The van der Waals surface area contributed by atoms with Crippen molar-refractivity contribution in [3.05, 3.63) is 12.2 Å². The summed E-state index contributed by atoms with van der Waals surface area (Å²) < 4.78 is 27.9. The Morgan fingerprint density at radius 1 is 0.929 bits per heavy atom. The van der Waals surface area contributed by atoms with Gasteiger partial charge in [0.2, 0.25) is 0 Å². The standard InChI is InChI=1S/C20H32O7S/c1-23-18-17-14(26-20(28)19(18)24-2)13-25-15(21)11-9-7-5-3-4-6-8-10-12-16(22)27-17/h3-4,14,17-20,28H,5-13H2,1-2H3/b4-3-/t14-,17-,18+,19-,20+/m1/s1. The van der Waals surface area contributed by atoms with Gasteiger partial charge in [-0.15, -0.1) is 12.6 Å². The lowest BCUT2D eigenvalue weighted by molar-refractivity contribution is -0.233. The number of esters is 2. The molecular weight excluding hydrogens is 384 g/mol. The first kappa shape index (κ1) is 23.2. The van der Waals surface area contributed by atoms with Crippen molar-refractivity contribution in [1.82, 2.24) is 0 Å². The number of cyclic esters (lactones) is 1. The Bertz CT molecular complexity index is 525. The van der Waals surface area contributed by atoms with Crippen molar-refractivity contribution in [1.29, 1.82) is 0 Å². The number of fused-ring (bicyclic) bond motifs is 1. The molecule has 28 heavy (non-hydrogen) atoms. The SMILES string of the molecule is CO[C@@H]1[C@@H](OC)[C@H](S)O[C@@H]2COC(=O)CCCC/C=C\CCCCC(=O)O[C@@H]12. The average Bonchev–Trinajstić information content (AvgIpc) is 2.68. The molecule has 0 aliphatic carbocycles. The Kier molecular flexibility index (Phi) is 10.3. The lowest BCUT2D eigenvalue weighted by Gasteiger charge is -2.43. The predicted molar refractivity (Wildman–Crippen MR) is 106 cm³/mol. The van der Waals surface area contributed by atoms with E-state index in [1.807, 2.05) is 0 Å². The van der Waals surface area contributed by atoms with Crippen LogP contribution in [0, 0.1) is 0 Å². The van der Waals surface area contributed by atoms with Gasteiger partial charge in [0.25, 0.3) is 0 Å². The Morgan fingerprint density at radius 3 is 2.14 bits per heavy atom. The van der Waals surface area contributed by atoms with Crippen molar-refractivity contribution in [2.75, 3.05) is 20.8 Å². The molecule has 2 aliphatic heterocycles. The van der Waals surface area contributed by atoms with Crippen molar-refractivity contribution in [3.63, 3.8) is 0 Å². The second kappa shape index (κ2) is 12.5. The van der Waals surface area contributed by atoms with Crippen LogP contribution in [0.4, 0.5) is 0 Å². The van der Waals surface area contributed by atoms with Crippen molar-refractivity contribution in [2.24, 2.45) is 0 Å². The van der Waals surface area contributed by atoms with E-state index in [-0.39, 0.29) is 18.5 Å². The highest BCUT2D eigenvalue weighted by molar-refractivity contribution is 7.80. The van der Waals surface area contributed by atoms with Gasteiger partial charge in [-0.1, -0.05) is 12.2 Å². The lowest BCUT2D eigenvalue weighted by Crippen LogP contribution is -2.60. The maximum absolute atomic E-state index is 12.4. The summed E-state index contributed by atoms with van der Waals surface area (Å²) in [7, 11) is 3.05. The number of methoxy groups -OCH3 is 2. The third kappa shape index (κ3) is 7.06. The van der Waals surface area contributed by atoms with E-state index in [2.05, 4.69) is 24.8 Å². The molecule has 0 amide bonds. The van der Waals surface area contributed by atoms with Gasteiger partial charge in [-0.3, -0.25) is 9.59 Å². The molecule has 160 valence electrons. The van der Waals surface area contributed by atoms with E-state index in [4.69, 9.17) is 23.7 Å². The molecule has 0 radical (unpaired) electrons. The maximum Gasteiger partial charge on any atom is 0.306 e. The number of hydrogen-bond donors (Lipinski definition) is 1. The van der Waals surface area contributed by atoms with Crippen molar-refractivity contribution in [3.8, 4) is 0 Å². The second-order valence-corrected chi connectivity index (χ2v) is 7.58. The Morgan fingerprint density at radius 2 is 1.54 bits per heavy atom. The molecule has 0 spiro atoms. The van der Waals surface area contributed by atoms with Crippen LogP contribution in [0.1, 0.15) is 51.4 Å². The van der Waals surface area contributed by atoms with Gasteiger partial charge in [0.1, 0.15) is 30.4 Å². The fraction of sp³-hybridized carbons (Fsp3) is 0.800. The van der Waals surface area contributed by atoms with E-state index in [0.717, 1.165) is 38.5 Å². The van der Waals surface area contributed by atoms with Gasteiger partial charge >= 0.3 is 11.9 Å². The number of rotatable bonds is 2. The van der Waals surface area contributed by atoms with Crippen LogP contribution in [0.15, 0.2) is 12.2 Å². The summed E-state index contributed by atoms with van der Waals surface area (Å²) >= 11 is 4.41. The Balaban J connectivity index is 2.10. The highest BCUT2D eigenvalue weighted by Crippen LogP contribution is 2.30. The molecule has 0 saturated carbocycles. The lowest BCUT2D eigenvalue weighted by atomic mass is 9.99. The molecule has 0 N–H and O–H groups in total.